The zero-order valence-electron chi connectivity index (χ0n) is 13.9. The molecule has 126 valence electrons. The number of pyridine rings is 1. The van der Waals surface area contributed by atoms with Crippen LogP contribution in [0.5, 0.6) is 0 Å². The summed E-state index contributed by atoms with van der Waals surface area (Å²) < 4.78 is 5.50. The summed E-state index contributed by atoms with van der Waals surface area (Å²) in [6.45, 7) is 5.44. The van der Waals surface area contributed by atoms with Crippen molar-refractivity contribution in [2.45, 2.75) is 20.8 Å². The fraction of sp³-hybridized carbons (Fsp3) is 0.294. The third kappa shape index (κ3) is 4.26. The molecule has 0 saturated heterocycles. The van der Waals surface area contributed by atoms with Gasteiger partial charge in [0.1, 0.15) is 5.69 Å². The van der Waals surface area contributed by atoms with Crippen molar-refractivity contribution in [3.05, 3.63) is 49.1 Å². The van der Waals surface area contributed by atoms with Crippen molar-refractivity contribution in [3.8, 4) is 0 Å². The first-order valence-corrected chi connectivity index (χ1v) is 8.05. The molecular formula is C17H18N2O4S. The number of carbonyl (C=O) groups is 2. The van der Waals surface area contributed by atoms with Gasteiger partial charge in [0.15, 0.2) is 5.78 Å². The number of carbonyl (C=O) groups excluding carboxylic acids is 2. The maximum Gasteiger partial charge on any atom is 0.356 e. The number of methoxy groups -OCH3 is 1. The van der Waals surface area contributed by atoms with E-state index in [0.29, 0.717) is 14.9 Å². The van der Waals surface area contributed by atoms with Crippen LogP contribution in [0, 0.1) is 5.41 Å². The van der Waals surface area contributed by atoms with Crippen molar-refractivity contribution in [1.82, 2.24) is 9.97 Å². The smallest absolute Gasteiger partial charge is 0.356 e. The van der Waals surface area contributed by atoms with E-state index in [0.717, 1.165) is 11.3 Å². The molecule has 7 heteroatoms. The van der Waals surface area contributed by atoms with E-state index in [1.54, 1.807) is 18.2 Å². The molecule has 1 N–H and O–H groups in total. The van der Waals surface area contributed by atoms with Gasteiger partial charge < -0.3 is 9.72 Å². The van der Waals surface area contributed by atoms with Gasteiger partial charge in [0.2, 0.25) is 0 Å². The summed E-state index contributed by atoms with van der Waals surface area (Å²) >= 11 is 1.16. The number of nitrogens with one attached hydrogen (secondary N) is 1. The molecule has 2 aromatic rings. The third-order valence-corrected chi connectivity index (χ3v) is 4.09. The highest BCUT2D eigenvalue weighted by atomic mass is 32.1. The van der Waals surface area contributed by atoms with E-state index in [1.165, 1.54) is 19.3 Å². The molecule has 2 rings (SSSR count). The molecule has 0 unspecified atom stereocenters. The number of nitrogens with zero attached hydrogens (tertiary/aromatic N) is 1. The number of thiazole rings is 1. The molecule has 0 aliphatic heterocycles. The van der Waals surface area contributed by atoms with Crippen LogP contribution in [-0.2, 0) is 9.53 Å². The van der Waals surface area contributed by atoms with Crippen LogP contribution in [0.1, 0.15) is 37.0 Å². The standard InChI is InChI=1S/C17H18N2O4S/c1-17(2,3)13(20)9-14-19-15(21)12(24-14)8-10-6-5-7-11(18-10)16(22)23-4/h5-9H,1-4H3,(H,19,21)/b12-8-,14-9+. The van der Waals surface area contributed by atoms with Crippen LogP contribution in [-0.4, -0.2) is 28.8 Å². The van der Waals surface area contributed by atoms with E-state index >= 15 is 0 Å². The molecule has 24 heavy (non-hydrogen) atoms. The SMILES string of the molecule is COC(=O)c1cccc(/C=c2\s/c(=C/C(=O)C(C)(C)C)[nH]c2=O)n1. The first-order chi connectivity index (χ1) is 11.2. The number of Topliss-reactive ketones (excluding diaryl/α,β-unsaturated/α-hetero) is 1. The molecule has 0 aromatic carbocycles. The predicted molar refractivity (Wildman–Crippen MR) is 92.3 cm³/mol. The minimum Gasteiger partial charge on any atom is -0.464 e. The minimum atomic E-state index is -0.546. The quantitative estimate of drug-likeness (QED) is 0.832. The van der Waals surface area contributed by atoms with Gasteiger partial charge >= 0.3 is 5.97 Å². The first kappa shape index (κ1) is 17.8. The summed E-state index contributed by atoms with van der Waals surface area (Å²) in [5, 5.41) is 0. The second-order valence-corrected chi connectivity index (χ2v) is 7.21. The normalized spacial score (nSPS) is 13.2. The number of hydrogen-bond donors (Lipinski definition) is 1. The predicted octanol–water partition coefficient (Wildman–Crippen LogP) is 0.843. The van der Waals surface area contributed by atoms with Crippen molar-refractivity contribution < 1.29 is 14.3 Å². The van der Waals surface area contributed by atoms with Crippen LogP contribution in [0.15, 0.2) is 23.0 Å². The molecule has 0 fully saturated rings. The number of ether oxygens (including phenoxy) is 1. The molecule has 0 atom stereocenters. The van der Waals surface area contributed by atoms with E-state index in [1.807, 2.05) is 20.8 Å². The number of rotatable bonds is 3. The Kier molecular flexibility index (Phi) is 5.14. The Labute approximate surface area is 142 Å². The number of aromatic amines is 1. The second-order valence-electron chi connectivity index (χ2n) is 6.13. The van der Waals surface area contributed by atoms with Crippen LogP contribution in [0.25, 0.3) is 12.2 Å². The van der Waals surface area contributed by atoms with Crippen LogP contribution < -0.4 is 14.8 Å². The lowest BCUT2D eigenvalue weighted by atomic mass is 9.91. The lowest BCUT2D eigenvalue weighted by Crippen LogP contribution is -2.22. The molecule has 0 radical (unpaired) electrons. The summed E-state index contributed by atoms with van der Waals surface area (Å²) in [7, 11) is 1.28. The highest BCUT2D eigenvalue weighted by molar-refractivity contribution is 7.07. The lowest BCUT2D eigenvalue weighted by Gasteiger charge is -2.12. The Morgan fingerprint density at radius 2 is 2.00 bits per heavy atom. The van der Waals surface area contributed by atoms with E-state index in [-0.39, 0.29) is 17.0 Å². The van der Waals surface area contributed by atoms with Gasteiger partial charge in [-0.25, -0.2) is 9.78 Å². The lowest BCUT2D eigenvalue weighted by molar-refractivity contribution is -0.119. The van der Waals surface area contributed by atoms with Crippen LogP contribution in [0.4, 0.5) is 0 Å². The monoisotopic (exact) mass is 346 g/mol. The summed E-state index contributed by atoms with van der Waals surface area (Å²) in [5.41, 5.74) is -0.202. The molecule has 0 spiro atoms. The zero-order valence-corrected chi connectivity index (χ0v) is 14.7. The third-order valence-electron chi connectivity index (χ3n) is 3.13. The van der Waals surface area contributed by atoms with Gasteiger partial charge in [-0.15, -0.1) is 11.3 Å². The highest BCUT2D eigenvalue weighted by Gasteiger charge is 2.18. The van der Waals surface area contributed by atoms with Gasteiger partial charge in [-0.3, -0.25) is 9.59 Å². The Morgan fingerprint density at radius 1 is 1.29 bits per heavy atom. The Hall–Kier alpha value is -2.54. The Bertz CT molecular complexity index is 948. The molecular weight excluding hydrogens is 328 g/mol. The fourth-order valence-corrected chi connectivity index (χ4v) is 2.61. The van der Waals surface area contributed by atoms with Gasteiger partial charge in [0, 0.05) is 11.5 Å². The summed E-state index contributed by atoms with van der Waals surface area (Å²) in [6, 6.07) is 4.86. The Morgan fingerprint density at radius 3 is 2.62 bits per heavy atom. The topological polar surface area (TPSA) is 89.1 Å². The summed E-state index contributed by atoms with van der Waals surface area (Å²) in [5.74, 6) is -0.618. The second kappa shape index (κ2) is 6.92. The van der Waals surface area contributed by atoms with Crippen molar-refractivity contribution in [3.63, 3.8) is 0 Å². The van der Waals surface area contributed by atoms with Crippen molar-refractivity contribution in [2.24, 2.45) is 5.41 Å². The van der Waals surface area contributed by atoms with Gasteiger partial charge in [0.25, 0.3) is 5.56 Å². The average Bonchev–Trinajstić information content (AvgIpc) is 2.85. The molecule has 2 aromatic heterocycles. The molecule has 0 saturated carbocycles. The molecule has 0 amide bonds. The van der Waals surface area contributed by atoms with Crippen molar-refractivity contribution in [1.29, 1.82) is 0 Å². The minimum absolute atomic E-state index is 0.0719. The van der Waals surface area contributed by atoms with E-state index in [4.69, 9.17) is 0 Å². The molecule has 6 nitrogen and oxygen atoms in total. The Balaban J connectivity index is 2.46. The fourth-order valence-electron chi connectivity index (χ4n) is 1.74. The average molecular weight is 346 g/mol. The van der Waals surface area contributed by atoms with Crippen LogP contribution in [0.2, 0.25) is 0 Å². The maximum atomic E-state index is 12.0. The highest BCUT2D eigenvalue weighted by Crippen LogP contribution is 2.14. The van der Waals surface area contributed by atoms with Crippen LogP contribution >= 0.6 is 11.3 Å². The molecule has 0 bridgehead atoms. The number of hydrogen-bond acceptors (Lipinski definition) is 6. The maximum absolute atomic E-state index is 12.0. The molecule has 2 heterocycles. The summed E-state index contributed by atoms with van der Waals surface area (Å²) in [4.78, 5) is 42.3. The zero-order chi connectivity index (χ0) is 17.9. The van der Waals surface area contributed by atoms with E-state index < -0.39 is 11.4 Å². The first-order valence-electron chi connectivity index (χ1n) is 7.23. The van der Waals surface area contributed by atoms with Gasteiger partial charge in [-0.05, 0) is 18.2 Å². The van der Waals surface area contributed by atoms with E-state index in [2.05, 4.69) is 14.7 Å². The van der Waals surface area contributed by atoms with Gasteiger partial charge in [-0.1, -0.05) is 26.8 Å². The van der Waals surface area contributed by atoms with Crippen molar-refractivity contribution in [2.75, 3.05) is 7.11 Å². The number of H-pyrrole nitrogens is 1. The van der Waals surface area contributed by atoms with Gasteiger partial charge in [-0.2, -0.15) is 0 Å². The number of aromatic nitrogens is 2. The summed E-state index contributed by atoms with van der Waals surface area (Å²) in [6.07, 6.45) is 3.00. The van der Waals surface area contributed by atoms with Crippen molar-refractivity contribution >= 4 is 35.2 Å². The van der Waals surface area contributed by atoms with Crippen LogP contribution in [0.3, 0.4) is 0 Å². The molecule has 0 aliphatic carbocycles. The number of esters is 1. The largest absolute Gasteiger partial charge is 0.464 e. The van der Waals surface area contributed by atoms with E-state index in [9.17, 15) is 14.4 Å². The molecule has 0 aliphatic rings. The van der Waals surface area contributed by atoms with Gasteiger partial charge in [0.05, 0.1) is 22.0 Å². The number of ketones is 1.